The highest BCUT2D eigenvalue weighted by molar-refractivity contribution is 5.43. The number of rotatable bonds is 0. The molecule has 0 spiro atoms. The van der Waals surface area contributed by atoms with E-state index in [4.69, 9.17) is 11.0 Å². The van der Waals surface area contributed by atoms with E-state index in [-0.39, 0.29) is 0 Å². The first-order chi connectivity index (χ1) is 5.74. The van der Waals surface area contributed by atoms with Crippen LogP contribution in [0.25, 0.3) is 0 Å². The Hall–Kier alpha value is -1.56. The summed E-state index contributed by atoms with van der Waals surface area (Å²) in [6.07, 6.45) is 1.59. The second-order valence-electron chi connectivity index (χ2n) is 2.04. The Morgan fingerprint density at radius 3 is 2.50 bits per heavy atom. The van der Waals surface area contributed by atoms with Gasteiger partial charge in [-0.15, -0.1) is 0 Å². The van der Waals surface area contributed by atoms with Gasteiger partial charge in [0.2, 0.25) is 0 Å². The van der Waals surface area contributed by atoms with Gasteiger partial charge < -0.3 is 5.73 Å². The lowest BCUT2D eigenvalue weighted by Crippen LogP contribution is -1.92. The predicted octanol–water partition coefficient (Wildman–Crippen LogP) is 1.87. The van der Waals surface area contributed by atoms with Crippen molar-refractivity contribution >= 4 is 5.82 Å². The van der Waals surface area contributed by atoms with Gasteiger partial charge in [-0.2, -0.15) is 5.26 Å². The third-order valence-electron chi connectivity index (χ3n) is 1.24. The molecule has 2 N–H and O–H groups in total. The van der Waals surface area contributed by atoms with Gasteiger partial charge in [0.15, 0.2) is 0 Å². The van der Waals surface area contributed by atoms with Gasteiger partial charge in [0.1, 0.15) is 5.82 Å². The highest BCUT2D eigenvalue weighted by Crippen LogP contribution is 2.06. The van der Waals surface area contributed by atoms with Crippen LogP contribution in [0.5, 0.6) is 0 Å². The van der Waals surface area contributed by atoms with E-state index < -0.39 is 0 Å². The third-order valence-corrected chi connectivity index (χ3v) is 1.24. The Labute approximate surface area is 72.8 Å². The van der Waals surface area contributed by atoms with E-state index in [1.54, 1.807) is 12.3 Å². The van der Waals surface area contributed by atoms with Gasteiger partial charge in [0.25, 0.3) is 0 Å². The third kappa shape index (κ3) is 2.59. The molecule has 0 amide bonds. The number of anilines is 1. The SMILES string of the molecule is CC.Cc1cnc(N)cc1C#N. The standard InChI is InChI=1S/C7H7N3.C2H6/c1-5-4-10-7(9)2-6(5)3-8;1-2/h2,4H,1H3,(H2,9,10);1-2H3. The number of pyridine rings is 1. The normalized spacial score (nSPS) is 7.83. The number of nitrogens with zero attached hydrogens (tertiary/aromatic N) is 2. The molecule has 0 fully saturated rings. The van der Waals surface area contributed by atoms with E-state index in [9.17, 15) is 0 Å². The molecule has 1 heterocycles. The van der Waals surface area contributed by atoms with Crippen LogP contribution < -0.4 is 5.73 Å². The number of nitrogen functional groups attached to an aromatic ring is 1. The van der Waals surface area contributed by atoms with Gasteiger partial charge in [-0.1, -0.05) is 13.8 Å². The lowest BCUT2D eigenvalue weighted by atomic mass is 10.2. The van der Waals surface area contributed by atoms with Crippen molar-refractivity contribution in [3.05, 3.63) is 23.4 Å². The maximum atomic E-state index is 8.51. The summed E-state index contributed by atoms with van der Waals surface area (Å²) >= 11 is 0. The molecule has 64 valence electrons. The zero-order chi connectivity index (χ0) is 9.56. The van der Waals surface area contributed by atoms with Gasteiger partial charge >= 0.3 is 0 Å². The van der Waals surface area contributed by atoms with Gasteiger partial charge in [-0.25, -0.2) is 4.98 Å². The van der Waals surface area contributed by atoms with Crippen molar-refractivity contribution in [1.82, 2.24) is 4.98 Å². The minimum absolute atomic E-state index is 0.391. The Morgan fingerprint density at radius 2 is 2.08 bits per heavy atom. The summed E-state index contributed by atoms with van der Waals surface area (Å²) in [5.74, 6) is 0.391. The Morgan fingerprint density at radius 1 is 1.50 bits per heavy atom. The lowest BCUT2D eigenvalue weighted by Gasteiger charge is -1.95. The zero-order valence-electron chi connectivity index (χ0n) is 7.63. The summed E-state index contributed by atoms with van der Waals surface area (Å²) in [6.45, 7) is 5.82. The van der Waals surface area contributed by atoms with Crippen molar-refractivity contribution in [2.45, 2.75) is 20.8 Å². The van der Waals surface area contributed by atoms with Crippen LogP contribution in [0.1, 0.15) is 25.0 Å². The summed E-state index contributed by atoms with van der Waals surface area (Å²) in [5.41, 5.74) is 6.79. The molecule has 0 saturated carbocycles. The highest BCUT2D eigenvalue weighted by atomic mass is 14.8. The second kappa shape index (κ2) is 5.14. The van der Waals surface area contributed by atoms with Crippen molar-refractivity contribution in [2.75, 3.05) is 5.73 Å². The molecule has 0 aliphatic carbocycles. The van der Waals surface area contributed by atoms with E-state index in [1.165, 1.54) is 0 Å². The van der Waals surface area contributed by atoms with E-state index in [0.29, 0.717) is 11.4 Å². The van der Waals surface area contributed by atoms with Crippen LogP contribution in [-0.4, -0.2) is 4.98 Å². The molecule has 0 atom stereocenters. The Kier molecular flexibility index (Phi) is 4.47. The molecule has 0 radical (unpaired) electrons. The van der Waals surface area contributed by atoms with Crippen molar-refractivity contribution in [2.24, 2.45) is 0 Å². The van der Waals surface area contributed by atoms with E-state index >= 15 is 0 Å². The van der Waals surface area contributed by atoms with Gasteiger partial charge in [-0.3, -0.25) is 0 Å². The molecule has 3 heteroatoms. The average Bonchev–Trinajstić information content (AvgIpc) is 2.13. The molecule has 1 rings (SSSR count). The number of aryl methyl sites for hydroxylation is 1. The van der Waals surface area contributed by atoms with Crippen LogP contribution in [0.2, 0.25) is 0 Å². The topological polar surface area (TPSA) is 62.7 Å². The molecule has 0 unspecified atom stereocenters. The number of nitrogens with two attached hydrogens (primary N) is 1. The average molecular weight is 163 g/mol. The summed E-state index contributed by atoms with van der Waals surface area (Å²) in [4.78, 5) is 3.81. The number of hydrogen-bond donors (Lipinski definition) is 1. The number of aromatic nitrogens is 1. The molecule has 3 nitrogen and oxygen atoms in total. The number of hydrogen-bond acceptors (Lipinski definition) is 3. The quantitative estimate of drug-likeness (QED) is 0.635. The van der Waals surface area contributed by atoms with E-state index in [2.05, 4.69) is 4.98 Å². The van der Waals surface area contributed by atoms with Crippen LogP contribution in [-0.2, 0) is 0 Å². The zero-order valence-corrected chi connectivity index (χ0v) is 7.63. The monoisotopic (exact) mass is 163 g/mol. The molecule has 1 aromatic rings. The minimum Gasteiger partial charge on any atom is -0.384 e. The molecule has 12 heavy (non-hydrogen) atoms. The van der Waals surface area contributed by atoms with Gasteiger partial charge in [0, 0.05) is 6.20 Å². The van der Waals surface area contributed by atoms with Gasteiger partial charge in [0.05, 0.1) is 11.6 Å². The first kappa shape index (κ1) is 10.4. The first-order valence-corrected chi connectivity index (χ1v) is 3.86. The van der Waals surface area contributed by atoms with Crippen LogP contribution in [0.15, 0.2) is 12.3 Å². The van der Waals surface area contributed by atoms with Crippen molar-refractivity contribution in [3.63, 3.8) is 0 Å². The molecule has 0 aliphatic heterocycles. The van der Waals surface area contributed by atoms with Crippen molar-refractivity contribution in [3.8, 4) is 6.07 Å². The van der Waals surface area contributed by atoms with E-state index in [1.807, 2.05) is 26.8 Å². The first-order valence-electron chi connectivity index (χ1n) is 3.86. The molecule has 0 bridgehead atoms. The minimum atomic E-state index is 0.391. The highest BCUT2D eigenvalue weighted by Gasteiger charge is 1.95. The van der Waals surface area contributed by atoms with Crippen LogP contribution in [0, 0.1) is 18.3 Å². The predicted molar refractivity (Wildman–Crippen MR) is 49.4 cm³/mol. The smallest absolute Gasteiger partial charge is 0.124 e. The largest absolute Gasteiger partial charge is 0.384 e. The molecule has 1 aromatic heterocycles. The molecule has 0 saturated heterocycles. The summed E-state index contributed by atoms with van der Waals surface area (Å²) in [7, 11) is 0. The molecular weight excluding hydrogens is 150 g/mol. The van der Waals surface area contributed by atoms with Crippen LogP contribution in [0.4, 0.5) is 5.82 Å². The molecule has 0 aliphatic rings. The van der Waals surface area contributed by atoms with Crippen molar-refractivity contribution < 1.29 is 0 Å². The lowest BCUT2D eigenvalue weighted by molar-refractivity contribution is 1.25. The fourth-order valence-corrected chi connectivity index (χ4v) is 0.660. The summed E-state index contributed by atoms with van der Waals surface area (Å²) in [6, 6.07) is 3.58. The van der Waals surface area contributed by atoms with E-state index in [0.717, 1.165) is 5.56 Å². The second-order valence-corrected chi connectivity index (χ2v) is 2.04. The fraction of sp³-hybridized carbons (Fsp3) is 0.333. The van der Waals surface area contributed by atoms with Crippen LogP contribution >= 0.6 is 0 Å². The Balaban J connectivity index is 0.000000561. The van der Waals surface area contributed by atoms with Crippen molar-refractivity contribution in [1.29, 1.82) is 5.26 Å². The Bertz CT molecular complexity index is 286. The summed E-state index contributed by atoms with van der Waals surface area (Å²) in [5, 5.41) is 8.51. The summed E-state index contributed by atoms with van der Waals surface area (Å²) < 4.78 is 0. The fourth-order valence-electron chi connectivity index (χ4n) is 0.660. The maximum absolute atomic E-state index is 8.51. The molecular formula is C9H13N3. The maximum Gasteiger partial charge on any atom is 0.124 e. The molecule has 0 aromatic carbocycles. The number of nitriles is 1. The van der Waals surface area contributed by atoms with Crippen LogP contribution in [0.3, 0.4) is 0 Å². The van der Waals surface area contributed by atoms with Gasteiger partial charge in [-0.05, 0) is 18.6 Å².